The average Bonchev–Trinajstić information content (AvgIpc) is 3.53. The van der Waals surface area contributed by atoms with Crippen molar-refractivity contribution < 1.29 is 32.6 Å². The number of carbonyl (C=O) groups is 3. The van der Waals surface area contributed by atoms with E-state index in [4.69, 9.17) is 10.4 Å². The fourth-order valence-electron chi connectivity index (χ4n) is 6.71. The van der Waals surface area contributed by atoms with Crippen LogP contribution in [0.3, 0.4) is 0 Å². The number of hydrogen-bond donors (Lipinski definition) is 5. The molecule has 3 atom stereocenters. The predicted molar refractivity (Wildman–Crippen MR) is 183 cm³/mol. The number of aromatic nitrogens is 3. The topological polar surface area (TPSA) is 207 Å². The van der Waals surface area contributed by atoms with E-state index in [1.165, 1.54) is 48.9 Å². The Morgan fingerprint density at radius 2 is 1.69 bits per heavy atom. The standard InChI is InChI=1S/C28H42N6O4.C7H8O3S/c1-3-17-28(27(37)30-29,18-22-13-8-5-9-14-22)25(35)24(34-19-20(2)31-33-34)23(26(36)32-38)16-10-15-21-11-6-4-7-12-21;1-6-2-4-7(5-3-6)11(8,9)10/h5,8-9,13-14,19,21,23-24,38H,3-4,6-7,10-12,15-18,29H2,1-2H3,(H,30,37)(H,32,36);2-5H,1H3,(H,8,9,10)/t23-,24+,28?;/m0./s1. The molecule has 13 nitrogen and oxygen atoms in total. The molecule has 1 aromatic heterocycles. The first-order chi connectivity index (χ1) is 23.4. The number of carbonyl (C=O) groups excluding carboxylic acids is 3. The van der Waals surface area contributed by atoms with Crippen molar-refractivity contribution in [1.29, 1.82) is 0 Å². The number of rotatable bonds is 15. The van der Waals surface area contributed by atoms with Gasteiger partial charge in [-0.05, 0) is 56.7 Å². The number of amides is 2. The molecule has 6 N–H and O–H groups in total. The third-order valence-electron chi connectivity index (χ3n) is 9.24. The molecule has 0 radical (unpaired) electrons. The van der Waals surface area contributed by atoms with Crippen LogP contribution in [0, 0.1) is 31.1 Å². The largest absolute Gasteiger partial charge is 0.296 e. The van der Waals surface area contributed by atoms with E-state index in [-0.39, 0.29) is 17.7 Å². The zero-order valence-electron chi connectivity index (χ0n) is 28.5. The van der Waals surface area contributed by atoms with Crippen LogP contribution in [0.1, 0.15) is 94.0 Å². The molecule has 0 saturated heterocycles. The number of ketones is 1. The summed E-state index contributed by atoms with van der Waals surface area (Å²) in [6, 6.07) is 14.1. The molecule has 0 bridgehead atoms. The minimum atomic E-state index is -4.02. The zero-order valence-corrected chi connectivity index (χ0v) is 29.4. The first kappa shape index (κ1) is 39.5. The van der Waals surface area contributed by atoms with E-state index in [1.54, 1.807) is 30.7 Å². The molecule has 1 fully saturated rings. The Kier molecular flexibility index (Phi) is 15.1. The van der Waals surface area contributed by atoms with Gasteiger partial charge in [0.15, 0.2) is 5.78 Å². The van der Waals surface area contributed by atoms with Gasteiger partial charge >= 0.3 is 0 Å². The van der Waals surface area contributed by atoms with E-state index < -0.39 is 45.1 Å². The lowest BCUT2D eigenvalue weighted by atomic mass is 9.69. The maximum absolute atomic E-state index is 14.6. The van der Waals surface area contributed by atoms with Crippen LogP contribution in [0.5, 0.6) is 0 Å². The Morgan fingerprint density at radius 3 is 2.22 bits per heavy atom. The summed E-state index contributed by atoms with van der Waals surface area (Å²) in [5.74, 6) is 3.53. The highest BCUT2D eigenvalue weighted by atomic mass is 32.2. The van der Waals surface area contributed by atoms with Gasteiger partial charge in [0.05, 0.1) is 16.5 Å². The monoisotopic (exact) mass is 698 g/mol. The van der Waals surface area contributed by atoms with Gasteiger partial charge in [-0.25, -0.2) is 16.0 Å². The lowest BCUT2D eigenvalue weighted by molar-refractivity contribution is -0.150. The second-order valence-corrected chi connectivity index (χ2v) is 14.3. The van der Waals surface area contributed by atoms with Crippen molar-refractivity contribution in [2.75, 3.05) is 0 Å². The van der Waals surface area contributed by atoms with Crippen LogP contribution < -0.4 is 16.7 Å². The van der Waals surface area contributed by atoms with Gasteiger partial charge in [-0.2, -0.15) is 8.42 Å². The van der Waals surface area contributed by atoms with Crippen LogP contribution in [0.2, 0.25) is 0 Å². The van der Waals surface area contributed by atoms with Gasteiger partial charge in [0.25, 0.3) is 10.1 Å². The Morgan fingerprint density at radius 1 is 1.04 bits per heavy atom. The summed E-state index contributed by atoms with van der Waals surface area (Å²) in [6.07, 6.45) is 10.5. The maximum Gasteiger partial charge on any atom is 0.294 e. The summed E-state index contributed by atoms with van der Waals surface area (Å²) in [6.45, 7) is 5.48. The van der Waals surface area contributed by atoms with E-state index in [0.717, 1.165) is 17.5 Å². The minimum Gasteiger partial charge on any atom is -0.296 e. The summed E-state index contributed by atoms with van der Waals surface area (Å²) in [5, 5.41) is 17.9. The van der Waals surface area contributed by atoms with E-state index in [0.29, 0.717) is 30.9 Å². The first-order valence-corrected chi connectivity index (χ1v) is 18.3. The molecule has 49 heavy (non-hydrogen) atoms. The fourth-order valence-corrected chi connectivity index (χ4v) is 7.19. The highest BCUT2D eigenvalue weighted by Crippen LogP contribution is 2.39. The highest BCUT2D eigenvalue weighted by Gasteiger charge is 2.51. The molecule has 14 heteroatoms. The molecule has 1 saturated carbocycles. The lowest BCUT2D eigenvalue weighted by Gasteiger charge is -2.36. The molecule has 0 spiro atoms. The van der Waals surface area contributed by atoms with Crippen LogP contribution in [0.25, 0.3) is 0 Å². The first-order valence-electron chi connectivity index (χ1n) is 16.8. The molecular formula is C35H50N6O7S. The van der Waals surface area contributed by atoms with Crippen molar-refractivity contribution >= 4 is 27.7 Å². The van der Waals surface area contributed by atoms with Crippen molar-refractivity contribution in [1.82, 2.24) is 25.9 Å². The van der Waals surface area contributed by atoms with E-state index in [1.807, 2.05) is 44.2 Å². The van der Waals surface area contributed by atoms with Crippen LogP contribution in [-0.2, 0) is 30.9 Å². The number of hydroxylamine groups is 1. The summed E-state index contributed by atoms with van der Waals surface area (Å²) in [4.78, 5) is 41.1. The van der Waals surface area contributed by atoms with Crippen molar-refractivity contribution in [2.45, 2.75) is 102 Å². The fraction of sp³-hybridized carbons (Fsp3) is 0.514. The number of hydrogen-bond acceptors (Lipinski definition) is 9. The van der Waals surface area contributed by atoms with Crippen LogP contribution in [-0.4, -0.2) is 50.8 Å². The number of nitrogens with zero attached hydrogens (tertiary/aromatic N) is 3. The quantitative estimate of drug-likeness (QED) is 0.0365. The number of Topliss-reactive ketones (excluding diaryl/α,β-unsaturated/α-hetero) is 1. The van der Waals surface area contributed by atoms with Gasteiger partial charge in [-0.1, -0.05) is 112 Å². The van der Waals surface area contributed by atoms with E-state index in [9.17, 15) is 28.0 Å². The molecule has 4 rings (SSSR count). The van der Waals surface area contributed by atoms with Crippen LogP contribution in [0.15, 0.2) is 65.7 Å². The van der Waals surface area contributed by atoms with Gasteiger partial charge < -0.3 is 0 Å². The highest BCUT2D eigenvalue weighted by molar-refractivity contribution is 7.85. The summed E-state index contributed by atoms with van der Waals surface area (Å²) >= 11 is 0. The number of benzene rings is 2. The van der Waals surface area contributed by atoms with Crippen molar-refractivity contribution in [3.8, 4) is 0 Å². The Balaban J connectivity index is 0.000000501. The summed E-state index contributed by atoms with van der Waals surface area (Å²) < 4.78 is 30.9. The van der Waals surface area contributed by atoms with Gasteiger partial charge in [0.1, 0.15) is 11.5 Å². The van der Waals surface area contributed by atoms with Crippen LogP contribution >= 0.6 is 0 Å². The summed E-state index contributed by atoms with van der Waals surface area (Å²) in [7, 11) is -4.02. The SMILES string of the molecule is CCCC(Cc1ccccc1)(C(=O)NN)C(=O)[C@@H]([C@H](CCCC1CCCCC1)C(=O)NO)n1cc(C)nn1.Cc1ccc(S(=O)(=O)O)cc1. The number of aryl methyl sites for hydroxylation is 2. The second kappa shape index (κ2) is 18.7. The normalized spacial score (nSPS) is 16.0. The Hall–Kier alpha value is -3.98. The Bertz CT molecular complexity index is 1610. The molecule has 1 heterocycles. The molecule has 1 unspecified atom stereocenters. The number of nitrogens with two attached hydrogens (primary N) is 1. The molecule has 0 aliphatic heterocycles. The number of nitrogens with one attached hydrogen (secondary N) is 2. The molecule has 3 aromatic rings. The summed E-state index contributed by atoms with van der Waals surface area (Å²) in [5.41, 5.74) is 4.76. The van der Waals surface area contributed by atoms with Gasteiger partial charge in [0.2, 0.25) is 11.8 Å². The van der Waals surface area contributed by atoms with Crippen molar-refractivity contribution in [2.24, 2.45) is 23.1 Å². The lowest BCUT2D eigenvalue weighted by Crippen LogP contribution is -2.54. The van der Waals surface area contributed by atoms with Crippen molar-refractivity contribution in [3.63, 3.8) is 0 Å². The molecule has 2 amide bonds. The predicted octanol–water partition coefficient (Wildman–Crippen LogP) is 4.83. The third kappa shape index (κ3) is 11.0. The van der Waals surface area contributed by atoms with Crippen LogP contribution in [0.4, 0.5) is 0 Å². The van der Waals surface area contributed by atoms with Gasteiger partial charge in [0, 0.05) is 6.20 Å². The molecule has 1 aliphatic rings. The molecular weight excluding hydrogens is 648 g/mol. The minimum absolute atomic E-state index is 0.0666. The molecule has 2 aromatic carbocycles. The third-order valence-corrected chi connectivity index (χ3v) is 10.1. The number of hydrazine groups is 1. The molecule has 1 aliphatic carbocycles. The maximum atomic E-state index is 14.6. The van der Waals surface area contributed by atoms with Crippen molar-refractivity contribution in [3.05, 3.63) is 77.6 Å². The van der Waals surface area contributed by atoms with E-state index >= 15 is 0 Å². The van der Waals surface area contributed by atoms with Gasteiger partial charge in [-0.3, -0.25) is 29.6 Å². The smallest absolute Gasteiger partial charge is 0.294 e. The zero-order chi connectivity index (χ0) is 36.0. The molecule has 268 valence electrons. The van der Waals surface area contributed by atoms with E-state index in [2.05, 4.69) is 15.7 Å². The second-order valence-electron chi connectivity index (χ2n) is 12.9. The Labute approximate surface area is 288 Å². The van der Waals surface area contributed by atoms with Gasteiger partial charge in [-0.15, -0.1) is 5.10 Å². The average molecular weight is 699 g/mol.